The standard InChI is InChI=1S/C22H28N2O2/c1-16-12-18(3)21(13-17(16)2)22(25)15-23-8-10-24(11-9-23)19-6-5-7-20(14-19)26-4/h5-7,12-14H,8-11,15H2,1-4H3. The monoisotopic (exact) mass is 352 g/mol. The van der Waals surface area contributed by atoms with Gasteiger partial charge < -0.3 is 9.64 Å². The van der Waals surface area contributed by atoms with Crippen LogP contribution in [0.3, 0.4) is 0 Å². The van der Waals surface area contributed by atoms with Crippen molar-refractivity contribution in [2.45, 2.75) is 20.8 Å². The Morgan fingerprint density at radius 3 is 2.35 bits per heavy atom. The zero-order valence-electron chi connectivity index (χ0n) is 16.2. The Balaban J connectivity index is 1.60. The van der Waals surface area contributed by atoms with Gasteiger partial charge in [-0.1, -0.05) is 12.1 Å². The van der Waals surface area contributed by atoms with Gasteiger partial charge in [-0.05, 0) is 55.7 Å². The van der Waals surface area contributed by atoms with Gasteiger partial charge in [0.1, 0.15) is 5.75 Å². The molecule has 0 atom stereocenters. The maximum Gasteiger partial charge on any atom is 0.177 e. The molecule has 26 heavy (non-hydrogen) atoms. The van der Waals surface area contributed by atoms with Gasteiger partial charge in [0.15, 0.2) is 5.78 Å². The summed E-state index contributed by atoms with van der Waals surface area (Å²) in [5.74, 6) is 1.10. The van der Waals surface area contributed by atoms with Crippen molar-refractivity contribution in [3.63, 3.8) is 0 Å². The number of rotatable bonds is 5. The van der Waals surface area contributed by atoms with Gasteiger partial charge in [0.05, 0.1) is 13.7 Å². The minimum absolute atomic E-state index is 0.223. The average molecular weight is 352 g/mol. The van der Waals surface area contributed by atoms with E-state index in [9.17, 15) is 4.79 Å². The zero-order chi connectivity index (χ0) is 18.7. The van der Waals surface area contributed by atoms with Gasteiger partial charge in [-0.2, -0.15) is 0 Å². The fourth-order valence-corrected chi connectivity index (χ4v) is 3.52. The molecule has 4 heteroatoms. The van der Waals surface area contributed by atoms with Crippen LogP contribution in [0.1, 0.15) is 27.0 Å². The van der Waals surface area contributed by atoms with Crippen LogP contribution < -0.4 is 9.64 Å². The van der Waals surface area contributed by atoms with Crippen molar-refractivity contribution in [1.29, 1.82) is 0 Å². The fourth-order valence-electron chi connectivity index (χ4n) is 3.52. The molecule has 2 aromatic carbocycles. The highest BCUT2D eigenvalue weighted by Gasteiger charge is 2.21. The number of nitrogens with zero attached hydrogens (tertiary/aromatic N) is 2. The number of benzene rings is 2. The van der Waals surface area contributed by atoms with Crippen molar-refractivity contribution >= 4 is 11.5 Å². The van der Waals surface area contributed by atoms with Crippen molar-refractivity contribution in [2.75, 3.05) is 44.7 Å². The third-order valence-electron chi connectivity index (χ3n) is 5.30. The van der Waals surface area contributed by atoms with E-state index < -0.39 is 0 Å². The second-order valence-electron chi connectivity index (χ2n) is 7.14. The molecule has 138 valence electrons. The van der Waals surface area contributed by atoms with Gasteiger partial charge >= 0.3 is 0 Å². The molecule has 0 radical (unpaired) electrons. The molecule has 0 amide bonds. The Kier molecular flexibility index (Phi) is 5.62. The Morgan fingerprint density at radius 1 is 0.962 bits per heavy atom. The van der Waals surface area contributed by atoms with Crippen LogP contribution in [0.2, 0.25) is 0 Å². The lowest BCUT2D eigenvalue weighted by Gasteiger charge is -2.36. The minimum Gasteiger partial charge on any atom is -0.497 e. The Morgan fingerprint density at radius 2 is 1.65 bits per heavy atom. The molecule has 4 nitrogen and oxygen atoms in total. The molecule has 0 N–H and O–H groups in total. The van der Waals surface area contributed by atoms with Crippen LogP contribution in [0.25, 0.3) is 0 Å². The van der Waals surface area contributed by atoms with E-state index in [1.807, 2.05) is 25.1 Å². The van der Waals surface area contributed by atoms with Crippen molar-refractivity contribution in [3.05, 3.63) is 58.7 Å². The van der Waals surface area contributed by atoms with E-state index in [1.54, 1.807) is 7.11 Å². The molecule has 1 aliphatic rings. The minimum atomic E-state index is 0.223. The summed E-state index contributed by atoms with van der Waals surface area (Å²) in [5, 5.41) is 0. The average Bonchev–Trinajstić information content (AvgIpc) is 2.65. The molecule has 0 spiro atoms. The molecule has 3 rings (SSSR count). The Labute approximate surface area is 156 Å². The number of methoxy groups -OCH3 is 1. The lowest BCUT2D eigenvalue weighted by molar-refractivity contribution is 0.0925. The van der Waals surface area contributed by atoms with E-state index in [-0.39, 0.29) is 5.78 Å². The number of anilines is 1. The maximum atomic E-state index is 12.8. The molecule has 0 bridgehead atoms. The molecular formula is C22H28N2O2. The summed E-state index contributed by atoms with van der Waals surface area (Å²) >= 11 is 0. The summed E-state index contributed by atoms with van der Waals surface area (Å²) in [6, 6.07) is 12.3. The highest BCUT2D eigenvalue weighted by molar-refractivity contribution is 5.99. The fraction of sp³-hybridized carbons (Fsp3) is 0.409. The number of Topliss-reactive ketones (excluding diaryl/α,β-unsaturated/α-hetero) is 1. The van der Waals surface area contributed by atoms with Crippen molar-refractivity contribution in [1.82, 2.24) is 4.90 Å². The molecular weight excluding hydrogens is 324 g/mol. The third kappa shape index (κ3) is 4.07. The lowest BCUT2D eigenvalue weighted by Crippen LogP contribution is -2.48. The van der Waals surface area contributed by atoms with E-state index in [4.69, 9.17) is 4.74 Å². The highest BCUT2D eigenvalue weighted by atomic mass is 16.5. The first-order valence-corrected chi connectivity index (χ1v) is 9.20. The summed E-state index contributed by atoms with van der Waals surface area (Å²) in [7, 11) is 1.69. The number of hydrogen-bond donors (Lipinski definition) is 0. The van der Waals surface area contributed by atoms with Crippen LogP contribution in [0.5, 0.6) is 5.75 Å². The summed E-state index contributed by atoms with van der Waals surface area (Å²) in [4.78, 5) is 17.4. The van der Waals surface area contributed by atoms with Crippen LogP contribution in [0, 0.1) is 20.8 Å². The number of hydrogen-bond acceptors (Lipinski definition) is 4. The SMILES string of the molecule is COc1cccc(N2CCN(CC(=O)c3cc(C)c(C)cc3C)CC2)c1. The van der Waals surface area contributed by atoms with E-state index in [2.05, 4.69) is 41.8 Å². The van der Waals surface area contributed by atoms with Crippen LogP contribution in [0.4, 0.5) is 5.69 Å². The Bertz CT molecular complexity index is 793. The first-order chi connectivity index (χ1) is 12.5. The number of piperazine rings is 1. The van der Waals surface area contributed by atoms with E-state index >= 15 is 0 Å². The molecule has 0 aliphatic carbocycles. The maximum absolute atomic E-state index is 12.8. The van der Waals surface area contributed by atoms with Crippen molar-refractivity contribution < 1.29 is 9.53 Å². The zero-order valence-corrected chi connectivity index (χ0v) is 16.2. The van der Waals surface area contributed by atoms with Crippen molar-refractivity contribution in [3.8, 4) is 5.75 Å². The largest absolute Gasteiger partial charge is 0.497 e. The summed E-state index contributed by atoms with van der Waals surface area (Å²) in [6.45, 7) is 10.3. The molecule has 1 fully saturated rings. The molecule has 1 heterocycles. The van der Waals surface area contributed by atoms with Gasteiger partial charge in [0, 0.05) is 43.5 Å². The van der Waals surface area contributed by atoms with Gasteiger partial charge in [-0.15, -0.1) is 0 Å². The lowest BCUT2D eigenvalue weighted by atomic mass is 9.98. The first-order valence-electron chi connectivity index (χ1n) is 9.20. The van der Waals surface area contributed by atoms with E-state index in [1.165, 1.54) is 16.8 Å². The molecule has 0 unspecified atom stereocenters. The predicted molar refractivity (Wildman–Crippen MR) is 107 cm³/mol. The molecule has 0 aromatic heterocycles. The first kappa shape index (κ1) is 18.5. The second kappa shape index (κ2) is 7.92. The summed E-state index contributed by atoms with van der Waals surface area (Å²) < 4.78 is 5.32. The van der Waals surface area contributed by atoms with Crippen molar-refractivity contribution in [2.24, 2.45) is 0 Å². The van der Waals surface area contributed by atoms with Gasteiger partial charge in [-0.25, -0.2) is 0 Å². The van der Waals surface area contributed by atoms with E-state index in [0.29, 0.717) is 6.54 Å². The van der Waals surface area contributed by atoms with Crippen LogP contribution in [0.15, 0.2) is 36.4 Å². The van der Waals surface area contributed by atoms with Gasteiger partial charge in [0.2, 0.25) is 0 Å². The number of ketones is 1. The van der Waals surface area contributed by atoms with E-state index in [0.717, 1.165) is 43.1 Å². The third-order valence-corrected chi connectivity index (χ3v) is 5.30. The number of aryl methyl sites for hydroxylation is 3. The number of carbonyl (C=O) groups is 1. The quantitative estimate of drug-likeness (QED) is 0.770. The highest BCUT2D eigenvalue weighted by Crippen LogP contribution is 2.22. The normalized spacial score (nSPS) is 15.2. The number of ether oxygens (including phenoxy) is 1. The predicted octanol–water partition coefficient (Wildman–Crippen LogP) is 3.63. The molecule has 1 aliphatic heterocycles. The molecule has 0 saturated carbocycles. The molecule has 1 saturated heterocycles. The van der Waals surface area contributed by atoms with Gasteiger partial charge in [-0.3, -0.25) is 9.69 Å². The Hall–Kier alpha value is -2.33. The molecule has 2 aromatic rings. The van der Waals surface area contributed by atoms with Gasteiger partial charge in [0.25, 0.3) is 0 Å². The summed E-state index contributed by atoms with van der Waals surface area (Å²) in [6.07, 6.45) is 0. The van der Waals surface area contributed by atoms with Crippen LogP contribution in [-0.4, -0.2) is 50.5 Å². The summed E-state index contributed by atoms with van der Waals surface area (Å²) in [5.41, 5.74) is 5.55. The second-order valence-corrected chi connectivity index (χ2v) is 7.14. The van der Waals surface area contributed by atoms with Crippen LogP contribution in [-0.2, 0) is 0 Å². The number of carbonyl (C=O) groups excluding carboxylic acids is 1. The topological polar surface area (TPSA) is 32.8 Å². The van der Waals surface area contributed by atoms with Crippen LogP contribution >= 0.6 is 0 Å². The smallest absolute Gasteiger partial charge is 0.177 e.